The molecule has 0 radical (unpaired) electrons. The number of hydrogen-bond donors (Lipinski definition) is 1. The summed E-state index contributed by atoms with van der Waals surface area (Å²) in [5, 5.41) is 0. The summed E-state index contributed by atoms with van der Waals surface area (Å²) >= 11 is 3.18. The van der Waals surface area contributed by atoms with Crippen molar-refractivity contribution in [3.63, 3.8) is 0 Å². The first-order chi connectivity index (χ1) is 9.15. The molecular weight excluding hydrogens is 313 g/mol. The summed E-state index contributed by atoms with van der Waals surface area (Å²) in [6.45, 7) is 2.05. The Balaban J connectivity index is 1.76. The molecule has 1 aromatic carbocycles. The number of benzene rings is 1. The lowest BCUT2D eigenvalue weighted by Crippen LogP contribution is -2.10. The number of halogens is 2. The number of rotatable bonds is 5. The molecule has 4 nitrogen and oxygen atoms in total. The van der Waals surface area contributed by atoms with Crippen LogP contribution in [0, 0.1) is 11.7 Å². The fourth-order valence-electron chi connectivity index (χ4n) is 2.06. The standard InChI is InChI=1S/C13H15BrFN3O/c14-9-5-12-11(6-10(9)15)17-13(16)18(12)3-4-19-7-8-1-2-8/h5-6,8H,1-4,7H2,(H2,16,17). The van der Waals surface area contributed by atoms with Crippen molar-refractivity contribution >= 4 is 32.9 Å². The van der Waals surface area contributed by atoms with Gasteiger partial charge < -0.3 is 15.0 Å². The number of nitrogen functional groups attached to an aromatic ring is 1. The van der Waals surface area contributed by atoms with Gasteiger partial charge in [0.2, 0.25) is 5.95 Å². The molecule has 0 aliphatic heterocycles. The number of hydrogen-bond acceptors (Lipinski definition) is 3. The van der Waals surface area contributed by atoms with Gasteiger partial charge in [0.05, 0.1) is 22.1 Å². The Morgan fingerprint density at radius 1 is 1.47 bits per heavy atom. The lowest BCUT2D eigenvalue weighted by atomic mass is 10.3. The smallest absolute Gasteiger partial charge is 0.201 e. The van der Waals surface area contributed by atoms with E-state index in [0.717, 1.165) is 18.0 Å². The third-order valence-electron chi connectivity index (χ3n) is 3.33. The molecule has 0 atom stereocenters. The number of imidazole rings is 1. The summed E-state index contributed by atoms with van der Waals surface area (Å²) in [6.07, 6.45) is 2.56. The molecule has 1 aromatic heterocycles. The Morgan fingerprint density at radius 3 is 3.00 bits per heavy atom. The maximum atomic E-state index is 13.4. The molecule has 0 unspecified atom stereocenters. The Labute approximate surface area is 118 Å². The van der Waals surface area contributed by atoms with Gasteiger partial charge in [-0.25, -0.2) is 9.37 Å². The van der Waals surface area contributed by atoms with Crippen LogP contribution in [-0.4, -0.2) is 22.8 Å². The summed E-state index contributed by atoms with van der Waals surface area (Å²) in [4.78, 5) is 4.17. The van der Waals surface area contributed by atoms with Gasteiger partial charge in [0.1, 0.15) is 5.82 Å². The van der Waals surface area contributed by atoms with Crippen LogP contribution in [-0.2, 0) is 11.3 Å². The average Bonchev–Trinajstić information content (AvgIpc) is 3.13. The largest absolute Gasteiger partial charge is 0.379 e. The zero-order valence-electron chi connectivity index (χ0n) is 10.4. The van der Waals surface area contributed by atoms with Crippen LogP contribution < -0.4 is 5.73 Å². The Bertz CT molecular complexity index is 609. The van der Waals surface area contributed by atoms with Crippen molar-refractivity contribution < 1.29 is 9.13 Å². The van der Waals surface area contributed by atoms with Crippen LogP contribution in [0.2, 0.25) is 0 Å². The van der Waals surface area contributed by atoms with Gasteiger partial charge in [-0.05, 0) is 40.8 Å². The van der Waals surface area contributed by atoms with Crippen LogP contribution in [0.4, 0.5) is 10.3 Å². The molecule has 0 amide bonds. The highest BCUT2D eigenvalue weighted by Crippen LogP contribution is 2.29. The van der Waals surface area contributed by atoms with E-state index in [1.807, 2.05) is 4.57 Å². The quantitative estimate of drug-likeness (QED) is 0.859. The Kier molecular flexibility index (Phi) is 3.45. The maximum Gasteiger partial charge on any atom is 0.201 e. The molecule has 2 N–H and O–H groups in total. The normalized spacial score (nSPS) is 15.3. The summed E-state index contributed by atoms with van der Waals surface area (Å²) in [7, 11) is 0. The van der Waals surface area contributed by atoms with Gasteiger partial charge in [0.25, 0.3) is 0 Å². The van der Waals surface area contributed by atoms with Crippen LogP contribution in [0.25, 0.3) is 11.0 Å². The van der Waals surface area contributed by atoms with E-state index in [9.17, 15) is 4.39 Å². The molecule has 1 fully saturated rings. The predicted molar refractivity (Wildman–Crippen MR) is 75.3 cm³/mol. The van der Waals surface area contributed by atoms with Crippen LogP contribution in [0.1, 0.15) is 12.8 Å². The van der Waals surface area contributed by atoms with Crippen molar-refractivity contribution in [3.05, 3.63) is 22.4 Å². The second kappa shape index (κ2) is 5.09. The summed E-state index contributed by atoms with van der Waals surface area (Å²) in [5.41, 5.74) is 7.26. The summed E-state index contributed by atoms with van der Waals surface area (Å²) in [6, 6.07) is 3.09. The number of anilines is 1. The van der Waals surface area contributed by atoms with Crippen molar-refractivity contribution in [2.45, 2.75) is 19.4 Å². The first kappa shape index (κ1) is 12.9. The predicted octanol–water partition coefficient (Wildman–Crippen LogP) is 2.95. The zero-order valence-corrected chi connectivity index (χ0v) is 12.0. The second-order valence-corrected chi connectivity index (χ2v) is 5.75. The third kappa shape index (κ3) is 2.74. The molecule has 2 aromatic rings. The van der Waals surface area contributed by atoms with Gasteiger partial charge in [-0.1, -0.05) is 0 Å². The molecule has 6 heteroatoms. The fourth-order valence-corrected chi connectivity index (χ4v) is 2.40. The fraction of sp³-hybridized carbons (Fsp3) is 0.462. The highest BCUT2D eigenvalue weighted by molar-refractivity contribution is 9.10. The first-order valence-corrected chi connectivity index (χ1v) is 7.13. The monoisotopic (exact) mass is 327 g/mol. The summed E-state index contributed by atoms with van der Waals surface area (Å²) < 4.78 is 21.3. The third-order valence-corrected chi connectivity index (χ3v) is 3.94. The molecule has 0 spiro atoms. The number of nitrogens with two attached hydrogens (primary N) is 1. The minimum absolute atomic E-state index is 0.331. The van der Waals surface area contributed by atoms with Gasteiger partial charge in [-0.3, -0.25) is 0 Å². The number of fused-ring (bicyclic) bond motifs is 1. The van der Waals surface area contributed by atoms with Gasteiger partial charge in [-0.15, -0.1) is 0 Å². The van der Waals surface area contributed by atoms with Crippen LogP contribution in [0.5, 0.6) is 0 Å². The molecular formula is C13H15BrFN3O. The molecule has 1 heterocycles. The lowest BCUT2D eigenvalue weighted by Gasteiger charge is -2.07. The van der Waals surface area contributed by atoms with Crippen LogP contribution in [0.3, 0.4) is 0 Å². The van der Waals surface area contributed by atoms with Gasteiger partial charge >= 0.3 is 0 Å². The number of nitrogens with zero attached hydrogens (tertiary/aromatic N) is 2. The van der Waals surface area contributed by atoms with E-state index in [0.29, 0.717) is 29.1 Å². The van der Waals surface area contributed by atoms with Gasteiger partial charge in [0, 0.05) is 19.2 Å². The van der Waals surface area contributed by atoms with E-state index in [2.05, 4.69) is 20.9 Å². The molecule has 19 heavy (non-hydrogen) atoms. The maximum absolute atomic E-state index is 13.4. The highest BCUT2D eigenvalue weighted by atomic mass is 79.9. The van der Waals surface area contributed by atoms with E-state index in [1.165, 1.54) is 18.9 Å². The molecule has 1 aliphatic carbocycles. The molecule has 102 valence electrons. The number of ether oxygens (including phenoxy) is 1. The van der Waals surface area contributed by atoms with Crippen LogP contribution in [0.15, 0.2) is 16.6 Å². The average molecular weight is 328 g/mol. The summed E-state index contributed by atoms with van der Waals surface area (Å²) in [5.74, 6) is 0.810. The van der Waals surface area contributed by atoms with Crippen LogP contribution >= 0.6 is 15.9 Å². The Morgan fingerprint density at radius 2 is 2.26 bits per heavy atom. The lowest BCUT2D eigenvalue weighted by molar-refractivity contribution is 0.118. The van der Waals surface area contributed by atoms with Gasteiger partial charge in [0.15, 0.2) is 0 Å². The van der Waals surface area contributed by atoms with E-state index in [1.54, 1.807) is 6.07 Å². The van der Waals surface area contributed by atoms with E-state index in [4.69, 9.17) is 10.5 Å². The topological polar surface area (TPSA) is 53.1 Å². The minimum Gasteiger partial charge on any atom is -0.379 e. The van der Waals surface area contributed by atoms with E-state index >= 15 is 0 Å². The molecule has 0 bridgehead atoms. The first-order valence-electron chi connectivity index (χ1n) is 6.33. The van der Waals surface area contributed by atoms with E-state index < -0.39 is 0 Å². The van der Waals surface area contributed by atoms with E-state index in [-0.39, 0.29) is 5.82 Å². The van der Waals surface area contributed by atoms with Crippen molar-refractivity contribution in [3.8, 4) is 0 Å². The Hall–Kier alpha value is -1.14. The van der Waals surface area contributed by atoms with Crippen molar-refractivity contribution in [2.24, 2.45) is 5.92 Å². The molecule has 1 aliphatic rings. The second-order valence-electron chi connectivity index (χ2n) is 4.89. The molecule has 0 saturated heterocycles. The minimum atomic E-state index is -0.331. The van der Waals surface area contributed by atoms with Crippen molar-refractivity contribution in [2.75, 3.05) is 18.9 Å². The highest BCUT2D eigenvalue weighted by Gasteiger charge is 2.21. The van der Waals surface area contributed by atoms with Gasteiger partial charge in [-0.2, -0.15) is 0 Å². The molecule has 1 saturated carbocycles. The zero-order chi connectivity index (χ0) is 13.4. The molecule has 3 rings (SSSR count). The van der Waals surface area contributed by atoms with Crippen molar-refractivity contribution in [1.29, 1.82) is 0 Å². The number of aromatic nitrogens is 2. The SMILES string of the molecule is Nc1nc2cc(F)c(Br)cc2n1CCOCC1CC1. The van der Waals surface area contributed by atoms with Crippen molar-refractivity contribution in [1.82, 2.24) is 9.55 Å².